The number of hydrogen-bond donors (Lipinski definition) is 5. The number of nitrogens with one attached hydrogen (secondary N) is 4. The molecule has 37 heavy (non-hydrogen) atoms. The lowest BCUT2D eigenvalue weighted by Gasteiger charge is -2.29. The van der Waals surface area contributed by atoms with Gasteiger partial charge in [0.25, 0.3) is 0 Å². The highest BCUT2D eigenvalue weighted by molar-refractivity contribution is 6.46. The Bertz CT molecular complexity index is 1210. The quantitative estimate of drug-likeness (QED) is 0.188. The van der Waals surface area contributed by atoms with Crippen molar-refractivity contribution in [2.75, 3.05) is 13.7 Å². The van der Waals surface area contributed by atoms with Crippen LogP contribution in [0.2, 0.25) is 6.82 Å². The van der Waals surface area contributed by atoms with E-state index in [0.717, 1.165) is 22.0 Å². The summed E-state index contributed by atoms with van der Waals surface area (Å²) in [6.45, 7) is 4.83. The number of carbonyl (C=O) groups excluding carboxylic acids is 3. The van der Waals surface area contributed by atoms with Gasteiger partial charge in [0.2, 0.25) is 11.8 Å². The molecule has 5 N–H and O–H groups in total. The fourth-order valence-corrected chi connectivity index (χ4v) is 4.31. The number of rotatable bonds is 12. The Morgan fingerprint density at radius 1 is 1.05 bits per heavy atom. The second-order valence-electron chi connectivity index (χ2n) is 9.69. The standard InChI is InChI=1S/C27H35BN4O5/c1-27(2,32-28(3)36)26(35)31-23(15-19-16-29-22-13-9-8-12-21(19)22)24(33)30-17-20(25(34)37-4)14-18-10-6-5-7-11-18/h5-13,16,20,23,29,32,36H,14-15,17H2,1-4H3,(H,30,33)(H,31,35). The van der Waals surface area contributed by atoms with Crippen molar-refractivity contribution in [3.05, 3.63) is 71.9 Å². The van der Waals surface area contributed by atoms with Crippen molar-refractivity contribution < 1.29 is 24.1 Å². The summed E-state index contributed by atoms with van der Waals surface area (Å²) in [5.41, 5.74) is 1.61. The van der Waals surface area contributed by atoms with E-state index in [4.69, 9.17) is 4.74 Å². The number of H-pyrrole nitrogens is 1. The van der Waals surface area contributed by atoms with E-state index in [2.05, 4.69) is 20.8 Å². The maximum atomic E-state index is 13.4. The zero-order chi connectivity index (χ0) is 27.0. The molecule has 0 aliphatic heterocycles. The first-order chi connectivity index (χ1) is 17.6. The maximum Gasteiger partial charge on any atom is 0.374 e. The number of methoxy groups -OCH3 is 1. The zero-order valence-electron chi connectivity index (χ0n) is 21.7. The van der Waals surface area contributed by atoms with Crippen molar-refractivity contribution >= 4 is 35.7 Å². The van der Waals surface area contributed by atoms with E-state index in [1.54, 1.807) is 13.8 Å². The summed E-state index contributed by atoms with van der Waals surface area (Å²) in [6.07, 6.45) is 2.45. The van der Waals surface area contributed by atoms with Crippen LogP contribution in [0.25, 0.3) is 10.9 Å². The number of aromatic amines is 1. The lowest BCUT2D eigenvalue weighted by Crippen LogP contribution is -2.61. The highest BCUT2D eigenvalue weighted by Crippen LogP contribution is 2.20. The summed E-state index contributed by atoms with van der Waals surface area (Å²) in [4.78, 5) is 42.1. The molecule has 3 rings (SSSR count). The van der Waals surface area contributed by atoms with Crippen LogP contribution in [-0.4, -0.2) is 60.1 Å². The second kappa shape index (κ2) is 12.6. The third kappa shape index (κ3) is 7.68. The van der Waals surface area contributed by atoms with Gasteiger partial charge in [0, 0.05) is 30.1 Å². The van der Waals surface area contributed by atoms with Gasteiger partial charge < -0.3 is 30.6 Å². The van der Waals surface area contributed by atoms with E-state index in [9.17, 15) is 19.4 Å². The molecule has 1 aromatic heterocycles. The van der Waals surface area contributed by atoms with Crippen LogP contribution in [0.1, 0.15) is 25.0 Å². The number of esters is 1. The number of para-hydroxylation sites is 1. The predicted molar refractivity (Wildman–Crippen MR) is 144 cm³/mol. The van der Waals surface area contributed by atoms with Crippen LogP contribution in [0.3, 0.4) is 0 Å². The van der Waals surface area contributed by atoms with Crippen molar-refractivity contribution in [2.45, 2.75) is 45.1 Å². The Labute approximate surface area is 217 Å². The topological polar surface area (TPSA) is 133 Å². The lowest BCUT2D eigenvalue weighted by atomic mass is 9.83. The summed E-state index contributed by atoms with van der Waals surface area (Å²) in [5.74, 6) is -1.88. The molecule has 2 atom stereocenters. The van der Waals surface area contributed by atoms with Gasteiger partial charge in [-0.3, -0.25) is 14.4 Å². The number of ether oxygens (including phenoxy) is 1. The van der Waals surface area contributed by atoms with Gasteiger partial charge in [-0.05, 0) is 44.3 Å². The highest BCUT2D eigenvalue weighted by Gasteiger charge is 2.33. The summed E-state index contributed by atoms with van der Waals surface area (Å²) in [5, 5.41) is 19.1. The maximum absolute atomic E-state index is 13.4. The van der Waals surface area contributed by atoms with Crippen molar-refractivity contribution in [3.63, 3.8) is 0 Å². The van der Waals surface area contributed by atoms with Gasteiger partial charge >= 0.3 is 13.0 Å². The van der Waals surface area contributed by atoms with Gasteiger partial charge in [0.05, 0.1) is 18.6 Å². The molecule has 0 bridgehead atoms. The molecular formula is C27H35BN4O5. The Balaban J connectivity index is 1.79. The minimum atomic E-state index is -1.13. The van der Waals surface area contributed by atoms with Crippen LogP contribution >= 0.6 is 0 Å². The molecule has 0 aliphatic rings. The summed E-state index contributed by atoms with van der Waals surface area (Å²) in [6, 6.07) is 16.3. The molecule has 196 valence electrons. The predicted octanol–water partition coefficient (Wildman–Crippen LogP) is 1.82. The van der Waals surface area contributed by atoms with Crippen LogP contribution in [0.4, 0.5) is 0 Å². The molecule has 2 amide bonds. The fourth-order valence-electron chi connectivity index (χ4n) is 4.31. The van der Waals surface area contributed by atoms with E-state index in [1.807, 2.05) is 60.8 Å². The van der Waals surface area contributed by atoms with Crippen molar-refractivity contribution in [3.8, 4) is 0 Å². The Hall–Kier alpha value is -3.63. The summed E-state index contributed by atoms with van der Waals surface area (Å²) < 4.78 is 4.96. The van der Waals surface area contributed by atoms with E-state index in [0.29, 0.717) is 6.42 Å². The molecule has 3 aromatic rings. The molecule has 0 aliphatic carbocycles. The zero-order valence-corrected chi connectivity index (χ0v) is 21.7. The highest BCUT2D eigenvalue weighted by atomic mass is 16.5. The molecular weight excluding hydrogens is 471 g/mol. The molecule has 0 saturated heterocycles. The first-order valence-electron chi connectivity index (χ1n) is 12.3. The normalized spacial score (nSPS) is 13.0. The van der Waals surface area contributed by atoms with Gasteiger partial charge in [-0.15, -0.1) is 0 Å². The molecule has 2 aromatic carbocycles. The second-order valence-corrected chi connectivity index (χ2v) is 9.69. The number of aromatic nitrogens is 1. The van der Waals surface area contributed by atoms with E-state index < -0.39 is 42.3 Å². The Morgan fingerprint density at radius 3 is 2.41 bits per heavy atom. The van der Waals surface area contributed by atoms with Gasteiger partial charge in [-0.25, -0.2) is 0 Å². The van der Waals surface area contributed by atoms with Crippen LogP contribution < -0.4 is 15.9 Å². The Kier molecular flexibility index (Phi) is 9.49. The van der Waals surface area contributed by atoms with Gasteiger partial charge in [-0.2, -0.15) is 0 Å². The van der Waals surface area contributed by atoms with Crippen LogP contribution in [-0.2, 0) is 32.0 Å². The third-order valence-electron chi connectivity index (χ3n) is 6.24. The van der Waals surface area contributed by atoms with Crippen molar-refractivity contribution in [1.29, 1.82) is 0 Å². The van der Waals surface area contributed by atoms with Crippen LogP contribution in [0.15, 0.2) is 60.8 Å². The molecule has 0 radical (unpaired) electrons. The minimum Gasteiger partial charge on any atom is -0.469 e. The smallest absolute Gasteiger partial charge is 0.374 e. The lowest BCUT2D eigenvalue weighted by molar-refractivity contribution is -0.145. The molecule has 10 heteroatoms. The largest absolute Gasteiger partial charge is 0.469 e. The number of fused-ring (bicyclic) bond motifs is 1. The number of hydrogen-bond acceptors (Lipinski definition) is 6. The fraction of sp³-hybridized carbons (Fsp3) is 0.370. The molecule has 2 unspecified atom stereocenters. The SMILES string of the molecule is COC(=O)C(CNC(=O)C(Cc1c[nH]c2ccccc12)NC(=O)C(C)(C)NB(C)O)Cc1ccccc1. The summed E-state index contributed by atoms with van der Waals surface area (Å²) in [7, 11) is 0.403. The van der Waals surface area contributed by atoms with Gasteiger partial charge in [-0.1, -0.05) is 48.5 Å². The first-order valence-corrected chi connectivity index (χ1v) is 12.3. The molecule has 0 saturated carbocycles. The number of benzene rings is 2. The summed E-state index contributed by atoms with van der Waals surface area (Å²) >= 11 is 0. The Morgan fingerprint density at radius 2 is 1.73 bits per heavy atom. The molecule has 0 fully saturated rings. The average molecular weight is 506 g/mol. The number of carbonyl (C=O) groups is 3. The van der Waals surface area contributed by atoms with Crippen LogP contribution in [0, 0.1) is 5.92 Å². The van der Waals surface area contributed by atoms with Crippen molar-refractivity contribution in [2.24, 2.45) is 5.92 Å². The first kappa shape index (κ1) is 28.0. The molecule has 0 spiro atoms. The van der Waals surface area contributed by atoms with Crippen LogP contribution in [0.5, 0.6) is 0 Å². The molecule has 9 nitrogen and oxygen atoms in total. The van der Waals surface area contributed by atoms with Gasteiger partial charge in [0.1, 0.15) is 6.04 Å². The van der Waals surface area contributed by atoms with E-state index in [1.165, 1.54) is 13.9 Å². The van der Waals surface area contributed by atoms with Gasteiger partial charge in [0.15, 0.2) is 0 Å². The van der Waals surface area contributed by atoms with Crippen molar-refractivity contribution in [1.82, 2.24) is 20.8 Å². The van der Waals surface area contributed by atoms with E-state index in [-0.39, 0.29) is 13.0 Å². The third-order valence-corrected chi connectivity index (χ3v) is 6.24. The minimum absolute atomic E-state index is 0.0516. The monoisotopic (exact) mass is 506 g/mol. The number of amides is 2. The molecule has 1 heterocycles. The average Bonchev–Trinajstić information content (AvgIpc) is 3.28. The van der Waals surface area contributed by atoms with E-state index >= 15 is 0 Å².